The minimum absolute atomic E-state index is 0.200. The van der Waals surface area contributed by atoms with Crippen LogP contribution in [0.2, 0.25) is 0 Å². The van der Waals surface area contributed by atoms with Gasteiger partial charge in [-0.15, -0.1) is 6.58 Å². The number of rotatable bonds is 5. The number of benzene rings is 1. The highest BCUT2D eigenvalue weighted by atomic mass is 16.6. The van der Waals surface area contributed by atoms with Gasteiger partial charge in [-0.1, -0.05) is 24.3 Å². The van der Waals surface area contributed by atoms with E-state index in [1.807, 2.05) is 0 Å². The van der Waals surface area contributed by atoms with Gasteiger partial charge in [-0.2, -0.15) is 4.73 Å². The van der Waals surface area contributed by atoms with Crippen molar-refractivity contribution < 1.29 is 14.7 Å². The normalized spacial score (nSPS) is 12.3. The summed E-state index contributed by atoms with van der Waals surface area (Å²) < 4.78 is 5.77. The number of nitrogens with two attached hydrogens (primary N) is 1. The van der Waals surface area contributed by atoms with Crippen molar-refractivity contribution in [1.29, 1.82) is 0 Å². The van der Waals surface area contributed by atoms with Crippen molar-refractivity contribution >= 4 is 11.8 Å². The molecule has 2 aromatic rings. The number of nitrogens with one attached hydrogen (secondary N) is 1. The summed E-state index contributed by atoms with van der Waals surface area (Å²) in [4.78, 5) is 24.4. The molecule has 0 bridgehead atoms. The number of alkyl carbamates (subject to hydrolysis) is 1. The van der Waals surface area contributed by atoms with Crippen LogP contribution >= 0.6 is 0 Å². The van der Waals surface area contributed by atoms with Crippen LogP contribution in [0, 0.1) is 0 Å². The van der Waals surface area contributed by atoms with E-state index in [2.05, 4.69) is 11.9 Å². The van der Waals surface area contributed by atoms with Crippen molar-refractivity contribution in [2.24, 2.45) is 0 Å². The van der Waals surface area contributed by atoms with Gasteiger partial charge in [-0.25, -0.2) is 4.79 Å². The van der Waals surface area contributed by atoms with E-state index >= 15 is 0 Å². The molecule has 1 aromatic heterocycles. The maximum Gasteiger partial charge on any atom is 0.408 e. The van der Waals surface area contributed by atoms with Gasteiger partial charge in [0.1, 0.15) is 5.60 Å². The summed E-state index contributed by atoms with van der Waals surface area (Å²) in [5.74, 6) is 0. The van der Waals surface area contributed by atoms with Gasteiger partial charge < -0.3 is 21.0 Å². The minimum atomic E-state index is -0.708. The summed E-state index contributed by atoms with van der Waals surface area (Å²) in [6, 6.07) is 9.28. The van der Waals surface area contributed by atoms with Gasteiger partial charge in [0, 0.05) is 17.3 Å². The number of para-hydroxylation sites is 1. The van der Waals surface area contributed by atoms with Gasteiger partial charge in [0.05, 0.1) is 11.7 Å². The van der Waals surface area contributed by atoms with Crippen molar-refractivity contribution in [3.63, 3.8) is 0 Å². The molecule has 7 heteroatoms. The molecular weight excluding hydrogens is 346 g/mol. The number of nitrogen functional groups attached to an aromatic ring is 1. The highest BCUT2D eigenvalue weighted by Gasteiger charge is 2.23. The maximum atomic E-state index is 12.3. The minimum Gasteiger partial charge on any atom is -0.444 e. The summed E-state index contributed by atoms with van der Waals surface area (Å²) in [5, 5.41) is 12.9. The van der Waals surface area contributed by atoms with Crippen LogP contribution < -0.4 is 16.6 Å². The summed E-state index contributed by atoms with van der Waals surface area (Å²) in [5.41, 5.74) is 6.58. The molecule has 1 unspecified atom stereocenters. The molecule has 0 saturated heterocycles. The Morgan fingerprint density at radius 3 is 2.63 bits per heavy atom. The number of aromatic nitrogens is 1. The summed E-state index contributed by atoms with van der Waals surface area (Å²) in [6.45, 7) is 8.91. The third-order valence-corrected chi connectivity index (χ3v) is 3.76. The van der Waals surface area contributed by atoms with Gasteiger partial charge in [-0.3, -0.25) is 4.79 Å². The van der Waals surface area contributed by atoms with E-state index in [-0.39, 0.29) is 12.1 Å². The second-order valence-electron chi connectivity index (χ2n) is 7.13. The first-order valence-corrected chi connectivity index (χ1v) is 8.54. The maximum absolute atomic E-state index is 12.3. The topological polar surface area (TPSA) is 107 Å². The number of nitrogens with zero attached hydrogens (tertiary/aromatic N) is 1. The van der Waals surface area contributed by atoms with Crippen molar-refractivity contribution in [1.82, 2.24) is 10.0 Å². The number of hydrogen-bond acceptors (Lipinski definition) is 5. The molecule has 0 saturated carbocycles. The summed E-state index contributed by atoms with van der Waals surface area (Å²) >= 11 is 0. The van der Waals surface area contributed by atoms with Gasteiger partial charge in [0.2, 0.25) is 0 Å². The molecular formula is C20H25N3O4. The van der Waals surface area contributed by atoms with Gasteiger partial charge in [0.25, 0.3) is 5.56 Å². The van der Waals surface area contributed by atoms with E-state index in [1.165, 1.54) is 6.07 Å². The lowest BCUT2D eigenvalue weighted by molar-refractivity contribution is 0.0494. The van der Waals surface area contributed by atoms with E-state index in [0.717, 1.165) is 0 Å². The van der Waals surface area contributed by atoms with Crippen LogP contribution in [0.4, 0.5) is 10.5 Å². The average Bonchev–Trinajstić information content (AvgIpc) is 2.55. The molecule has 1 atom stereocenters. The Labute approximate surface area is 158 Å². The Morgan fingerprint density at radius 2 is 2.04 bits per heavy atom. The Balaban J connectivity index is 2.47. The molecule has 27 heavy (non-hydrogen) atoms. The number of pyridine rings is 1. The van der Waals surface area contributed by atoms with Gasteiger partial charge in [-0.05, 0) is 44.9 Å². The molecule has 1 aromatic carbocycles. The number of hydrogen-bond donors (Lipinski definition) is 3. The lowest BCUT2D eigenvalue weighted by Crippen LogP contribution is -2.37. The number of carbonyl (C=O) groups excluding carboxylic acids is 1. The SMILES string of the molecule is C=CCC(NC(=O)OC(C)(C)C)c1cc(-c2ccccc2N)cc(=O)n1O. The Morgan fingerprint density at radius 1 is 1.37 bits per heavy atom. The predicted octanol–water partition coefficient (Wildman–Crippen LogP) is 3.48. The average molecular weight is 371 g/mol. The fraction of sp³-hybridized carbons (Fsp3) is 0.300. The van der Waals surface area contributed by atoms with Crippen LogP contribution in [-0.2, 0) is 4.74 Å². The number of ether oxygens (including phenoxy) is 1. The molecule has 1 amide bonds. The van der Waals surface area contributed by atoms with Crippen LogP contribution in [0.25, 0.3) is 11.1 Å². The fourth-order valence-corrected chi connectivity index (χ4v) is 2.62. The first kappa shape index (κ1) is 20.1. The van der Waals surface area contributed by atoms with Crippen molar-refractivity contribution in [3.8, 4) is 11.1 Å². The first-order valence-electron chi connectivity index (χ1n) is 8.54. The van der Waals surface area contributed by atoms with E-state index in [4.69, 9.17) is 10.5 Å². The molecule has 0 aliphatic carbocycles. The quantitative estimate of drug-likeness (QED) is 0.424. The van der Waals surface area contributed by atoms with E-state index in [9.17, 15) is 14.8 Å². The second-order valence-corrected chi connectivity index (χ2v) is 7.13. The van der Waals surface area contributed by atoms with E-state index < -0.39 is 23.3 Å². The Kier molecular flexibility index (Phi) is 5.95. The van der Waals surface area contributed by atoms with Gasteiger partial charge in [0.15, 0.2) is 0 Å². The zero-order valence-corrected chi connectivity index (χ0v) is 15.7. The Hall–Kier alpha value is -3.22. The lowest BCUT2D eigenvalue weighted by atomic mass is 10.0. The van der Waals surface area contributed by atoms with Crippen LogP contribution in [0.1, 0.15) is 38.9 Å². The predicted molar refractivity (Wildman–Crippen MR) is 105 cm³/mol. The number of anilines is 1. The third kappa shape index (κ3) is 5.13. The Bertz CT molecular complexity index is 897. The molecule has 7 nitrogen and oxygen atoms in total. The second kappa shape index (κ2) is 7.99. The number of amides is 1. The fourth-order valence-electron chi connectivity index (χ4n) is 2.62. The zero-order chi connectivity index (χ0) is 20.2. The highest BCUT2D eigenvalue weighted by Crippen LogP contribution is 2.27. The summed E-state index contributed by atoms with van der Waals surface area (Å²) in [6.07, 6.45) is 1.20. The molecule has 0 aliphatic rings. The first-order chi connectivity index (χ1) is 12.6. The summed E-state index contributed by atoms with van der Waals surface area (Å²) in [7, 11) is 0. The highest BCUT2D eigenvalue weighted by molar-refractivity contribution is 5.76. The van der Waals surface area contributed by atoms with Crippen LogP contribution in [0.3, 0.4) is 0 Å². The lowest BCUT2D eigenvalue weighted by Gasteiger charge is -2.24. The standard InChI is InChI=1S/C20H25N3O4/c1-5-8-16(22-19(25)27-20(2,3)4)17-11-13(12-18(24)23(17)26)14-9-6-7-10-15(14)21/h5-7,9-12,16,26H,1,8,21H2,2-4H3,(H,22,25). The van der Waals surface area contributed by atoms with Crippen LogP contribution in [0.15, 0.2) is 53.8 Å². The number of carbonyl (C=O) groups is 1. The molecule has 1 heterocycles. The van der Waals surface area contributed by atoms with E-state index in [0.29, 0.717) is 21.5 Å². The smallest absolute Gasteiger partial charge is 0.408 e. The van der Waals surface area contributed by atoms with E-state index in [1.54, 1.807) is 57.2 Å². The molecule has 144 valence electrons. The van der Waals surface area contributed by atoms with Crippen molar-refractivity contribution in [2.75, 3.05) is 5.73 Å². The van der Waals surface area contributed by atoms with Crippen LogP contribution in [0.5, 0.6) is 0 Å². The molecule has 0 spiro atoms. The molecule has 0 radical (unpaired) electrons. The van der Waals surface area contributed by atoms with Crippen molar-refractivity contribution in [2.45, 2.75) is 38.8 Å². The third-order valence-electron chi connectivity index (χ3n) is 3.76. The van der Waals surface area contributed by atoms with Crippen LogP contribution in [-0.4, -0.2) is 21.6 Å². The molecule has 4 N–H and O–H groups in total. The largest absolute Gasteiger partial charge is 0.444 e. The molecule has 0 fully saturated rings. The zero-order valence-electron chi connectivity index (χ0n) is 15.7. The molecule has 0 aliphatic heterocycles. The van der Waals surface area contributed by atoms with Gasteiger partial charge >= 0.3 is 6.09 Å². The monoisotopic (exact) mass is 371 g/mol. The molecule has 2 rings (SSSR count). The van der Waals surface area contributed by atoms with Crippen molar-refractivity contribution in [3.05, 3.63) is 65.1 Å².